The van der Waals surface area contributed by atoms with Crippen molar-refractivity contribution in [2.45, 2.75) is 13.5 Å². The first-order valence-corrected chi connectivity index (χ1v) is 9.21. The molecule has 0 saturated heterocycles. The summed E-state index contributed by atoms with van der Waals surface area (Å²) in [5, 5.41) is 3.74. The van der Waals surface area contributed by atoms with E-state index >= 15 is 0 Å². The Kier molecular flexibility index (Phi) is 5.12. The Morgan fingerprint density at radius 3 is 2.62 bits per heavy atom. The maximum Gasteiger partial charge on any atom is 0.336 e. The minimum absolute atomic E-state index is 0.180. The van der Waals surface area contributed by atoms with Gasteiger partial charge in [0.15, 0.2) is 0 Å². The summed E-state index contributed by atoms with van der Waals surface area (Å²) in [5.74, 6) is 0.409. The molecule has 0 bridgehead atoms. The molecule has 0 unspecified atom stereocenters. The predicted molar refractivity (Wildman–Crippen MR) is 112 cm³/mol. The van der Waals surface area contributed by atoms with Gasteiger partial charge in [-0.05, 0) is 54.4 Å². The summed E-state index contributed by atoms with van der Waals surface area (Å²) in [4.78, 5) is 24.0. The molecule has 1 N–H and O–H groups in total. The summed E-state index contributed by atoms with van der Waals surface area (Å²) in [6.07, 6.45) is 0. The fourth-order valence-electron chi connectivity index (χ4n) is 3.09. The number of benzene rings is 3. The van der Waals surface area contributed by atoms with Crippen molar-refractivity contribution in [1.29, 1.82) is 0 Å². The maximum absolute atomic E-state index is 12.5. The Hall–Kier alpha value is -3.86. The van der Waals surface area contributed by atoms with Gasteiger partial charge in [-0.2, -0.15) is 0 Å². The lowest BCUT2D eigenvalue weighted by Gasteiger charge is -2.09. The molecule has 0 saturated carbocycles. The second kappa shape index (κ2) is 8.02. The maximum atomic E-state index is 12.5. The third-order valence-electron chi connectivity index (χ3n) is 4.55. The minimum Gasteiger partial charge on any atom is -0.489 e. The van der Waals surface area contributed by atoms with Crippen molar-refractivity contribution >= 4 is 22.6 Å². The van der Waals surface area contributed by atoms with Crippen molar-refractivity contribution in [3.63, 3.8) is 0 Å². The summed E-state index contributed by atoms with van der Waals surface area (Å²) in [7, 11) is 0. The van der Waals surface area contributed by atoms with Crippen molar-refractivity contribution in [3.05, 3.63) is 106 Å². The van der Waals surface area contributed by atoms with E-state index in [9.17, 15) is 9.59 Å². The Labute approximate surface area is 167 Å². The summed E-state index contributed by atoms with van der Waals surface area (Å²) < 4.78 is 11.1. The van der Waals surface area contributed by atoms with Crippen molar-refractivity contribution in [2.24, 2.45) is 0 Å². The molecule has 0 aliphatic rings. The molecule has 0 radical (unpaired) electrons. The van der Waals surface area contributed by atoms with E-state index in [0.717, 1.165) is 22.2 Å². The molecule has 144 valence electrons. The molecule has 1 aromatic heterocycles. The Morgan fingerprint density at radius 1 is 0.966 bits per heavy atom. The minimum atomic E-state index is -0.385. The number of para-hydroxylation sites is 1. The van der Waals surface area contributed by atoms with Gasteiger partial charge in [0.2, 0.25) is 0 Å². The number of carbonyl (C=O) groups is 1. The molecule has 0 aliphatic carbocycles. The Morgan fingerprint density at radius 2 is 1.79 bits per heavy atom. The van der Waals surface area contributed by atoms with Crippen LogP contribution in [-0.2, 0) is 6.61 Å². The molecule has 0 fully saturated rings. The molecule has 1 amide bonds. The summed E-state index contributed by atoms with van der Waals surface area (Å²) in [5.41, 5.74) is 3.12. The molecule has 0 spiro atoms. The van der Waals surface area contributed by atoms with Crippen molar-refractivity contribution < 1.29 is 13.9 Å². The van der Waals surface area contributed by atoms with E-state index in [-0.39, 0.29) is 18.1 Å². The van der Waals surface area contributed by atoms with E-state index in [4.69, 9.17) is 9.15 Å². The van der Waals surface area contributed by atoms with E-state index in [1.807, 2.05) is 61.5 Å². The molecule has 0 atom stereocenters. The average molecular weight is 385 g/mol. The molecule has 29 heavy (non-hydrogen) atoms. The first-order valence-electron chi connectivity index (χ1n) is 9.21. The predicted octanol–water partition coefficient (Wildman–Crippen LogP) is 4.93. The van der Waals surface area contributed by atoms with Crippen molar-refractivity contribution in [3.8, 4) is 5.75 Å². The number of anilines is 1. The van der Waals surface area contributed by atoms with Gasteiger partial charge in [0.1, 0.15) is 17.9 Å². The van der Waals surface area contributed by atoms with Crippen LogP contribution in [0.5, 0.6) is 5.75 Å². The van der Waals surface area contributed by atoms with Crippen LogP contribution < -0.4 is 15.7 Å². The summed E-state index contributed by atoms with van der Waals surface area (Å²) in [6, 6.07) is 23.4. The zero-order valence-corrected chi connectivity index (χ0v) is 15.8. The number of rotatable bonds is 5. The number of nitrogens with one attached hydrogen (secondary N) is 1. The number of amides is 1. The second-order valence-corrected chi connectivity index (χ2v) is 6.72. The number of carbonyl (C=O) groups excluding carboxylic acids is 1. The monoisotopic (exact) mass is 385 g/mol. The van der Waals surface area contributed by atoms with Gasteiger partial charge in [-0.1, -0.05) is 30.3 Å². The van der Waals surface area contributed by atoms with E-state index in [1.165, 1.54) is 6.07 Å². The molecule has 4 aromatic rings. The number of ether oxygens (including phenoxy) is 1. The van der Waals surface area contributed by atoms with Crippen LogP contribution in [0.2, 0.25) is 0 Å². The van der Waals surface area contributed by atoms with Crippen LogP contribution in [0, 0.1) is 6.92 Å². The first kappa shape index (κ1) is 18.5. The third-order valence-corrected chi connectivity index (χ3v) is 4.55. The number of fused-ring (bicyclic) bond motifs is 1. The van der Waals surface area contributed by atoms with Gasteiger partial charge in [-0.3, -0.25) is 4.79 Å². The average Bonchev–Trinajstić information content (AvgIpc) is 2.73. The van der Waals surface area contributed by atoms with E-state index < -0.39 is 0 Å². The van der Waals surface area contributed by atoms with Crippen LogP contribution in [0.1, 0.15) is 21.5 Å². The smallest absolute Gasteiger partial charge is 0.336 e. The second-order valence-electron chi connectivity index (χ2n) is 6.72. The largest absolute Gasteiger partial charge is 0.489 e. The standard InChI is InChI=1S/C24H19NO4/c1-16-12-23(26)29-22-14-20(10-11-21(16)22)28-15-17-6-5-7-18(13-17)24(27)25-19-8-3-2-4-9-19/h2-14H,15H2,1H3,(H,25,27). The van der Waals surface area contributed by atoms with Crippen molar-refractivity contribution in [2.75, 3.05) is 5.32 Å². The van der Waals surface area contributed by atoms with Crippen LogP contribution in [0.4, 0.5) is 5.69 Å². The third kappa shape index (κ3) is 4.35. The lowest BCUT2D eigenvalue weighted by atomic mass is 10.1. The fourth-order valence-corrected chi connectivity index (χ4v) is 3.09. The number of hydrogen-bond donors (Lipinski definition) is 1. The zero-order valence-electron chi connectivity index (χ0n) is 15.8. The topological polar surface area (TPSA) is 68.5 Å². The molecular weight excluding hydrogens is 366 g/mol. The van der Waals surface area contributed by atoms with Crippen LogP contribution in [0.3, 0.4) is 0 Å². The SMILES string of the molecule is Cc1cc(=O)oc2cc(OCc3cccc(C(=O)Nc4ccccc4)c3)ccc12. The van der Waals surface area contributed by atoms with Gasteiger partial charge in [0.25, 0.3) is 5.91 Å². The van der Waals surface area contributed by atoms with E-state index in [1.54, 1.807) is 18.2 Å². The quantitative estimate of drug-likeness (QED) is 0.495. The molecule has 1 heterocycles. The van der Waals surface area contributed by atoms with Crippen LogP contribution in [-0.4, -0.2) is 5.91 Å². The van der Waals surface area contributed by atoms with Gasteiger partial charge < -0.3 is 14.5 Å². The van der Waals surface area contributed by atoms with Crippen LogP contribution in [0.15, 0.2) is 88.1 Å². The Balaban J connectivity index is 1.48. The molecule has 4 rings (SSSR count). The first-order chi connectivity index (χ1) is 14.1. The molecule has 5 heteroatoms. The fraction of sp³-hybridized carbons (Fsp3) is 0.0833. The number of aryl methyl sites for hydroxylation is 1. The van der Waals surface area contributed by atoms with Crippen molar-refractivity contribution in [1.82, 2.24) is 0 Å². The normalized spacial score (nSPS) is 10.7. The number of hydrogen-bond acceptors (Lipinski definition) is 4. The van der Waals surface area contributed by atoms with Gasteiger partial charge in [0, 0.05) is 28.8 Å². The lowest BCUT2D eigenvalue weighted by molar-refractivity contribution is 0.102. The van der Waals surface area contributed by atoms with Gasteiger partial charge >= 0.3 is 5.63 Å². The van der Waals surface area contributed by atoms with Crippen LogP contribution >= 0.6 is 0 Å². The highest BCUT2D eigenvalue weighted by Crippen LogP contribution is 2.23. The highest BCUT2D eigenvalue weighted by molar-refractivity contribution is 6.04. The highest BCUT2D eigenvalue weighted by atomic mass is 16.5. The summed E-state index contributed by atoms with van der Waals surface area (Å²) in [6.45, 7) is 2.15. The lowest BCUT2D eigenvalue weighted by Crippen LogP contribution is -2.12. The molecule has 0 aliphatic heterocycles. The van der Waals surface area contributed by atoms with E-state index in [2.05, 4.69) is 5.32 Å². The highest BCUT2D eigenvalue weighted by Gasteiger charge is 2.08. The Bertz CT molecular complexity index is 1230. The van der Waals surface area contributed by atoms with Crippen LogP contribution in [0.25, 0.3) is 11.0 Å². The van der Waals surface area contributed by atoms with Gasteiger partial charge in [-0.15, -0.1) is 0 Å². The molecule has 3 aromatic carbocycles. The summed E-state index contributed by atoms with van der Waals surface area (Å²) >= 11 is 0. The van der Waals surface area contributed by atoms with Gasteiger partial charge in [-0.25, -0.2) is 4.79 Å². The zero-order chi connectivity index (χ0) is 20.2. The molecule has 5 nitrogen and oxygen atoms in total. The molecular formula is C24H19NO4. The van der Waals surface area contributed by atoms with Gasteiger partial charge in [0.05, 0.1) is 0 Å². The van der Waals surface area contributed by atoms with E-state index in [0.29, 0.717) is 16.9 Å².